The average molecular weight is 672 g/mol. The van der Waals surface area contributed by atoms with E-state index in [1.165, 1.54) is 6.07 Å². The van der Waals surface area contributed by atoms with Gasteiger partial charge in [0.05, 0.1) is 30.5 Å². The van der Waals surface area contributed by atoms with E-state index in [9.17, 15) is 4.79 Å². The van der Waals surface area contributed by atoms with Crippen LogP contribution in [-0.4, -0.2) is 77.9 Å². The number of aromatic nitrogens is 2. The van der Waals surface area contributed by atoms with Gasteiger partial charge in [-0.2, -0.15) is 0 Å². The van der Waals surface area contributed by atoms with E-state index in [2.05, 4.69) is 52.5 Å². The van der Waals surface area contributed by atoms with Gasteiger partial charge in [0.2, 0.25) is 11.4 Å². The van der Waals surface area contributed by atoms with Crippen LogP contribution in [-0.2, 0) is 9.47 Å². The van der Waals surface area contributed by atoms with Crippen molar-refractivity contribution in [2.75, 3.05) is 26.2 Å². The minimum absolute atomic E-state index is 0.0839. The summed E-state index contributed by atoms with van der Waals surface area (Å²) in [5, 5.41) is 15.7. The molecule has 0 spiro atoms. The molecule has 6 rings (SSSR count). The fourth-order valence-corrected chi connectivity index (χ4v) is 5.47. The summed E-state index contributed by atoms with van der Waals surface area (Å²) in [4.78, 5) is 17.1. The molecule has 11 heteroatoms. The maximum atomic E-state index is 10.4. The first-order valence-corrected chi connectivity index (χ1v) is 15.5. The Labute approximate surface area is 247 Å². The predicted molar refractivity (Wildman–Crippen MR) is 157 cm³/mol. The van der Waals surface area contributed by atoms with E-state index in [1.54, 1.807) is 18.5 Å². The van der Waals surface area contributed by atoms with Crippen LogP contribution in [0.15, 0.2) is 50.4 Å². The van der Waals surface area contributed by atoms with Crippen molar-refractivity contribution < 1.29 is 19.3 Å². The van der Waals surface area contributed by atoms with Gasteiger partial charge < -0.3 is 34.9 Å². The van der Waals surface area contributed by atoms with Gasteiger partial charge in [-0.3, -0.25) is 4.79 Å². The number of piperidine rings is 2. The van der Waals surface area contributed by atoms with Crippen molar-refractivity contribution in [1.29, 1.82) is 0 Å². The summed E-state index contributed by atoms with van der Waals surface area (Å²) in [6, 6.07) is 7.04. The molecule has 4 fully saturated rings. The maximum absolute atomic E-state index is 10.4. The third-order valence-electron chi connectivity index (χ3n) is 7.19. The van der Waals surface area contributed by atoms with Gasteiger partial charge in [0.1, 0.15) is 6.10 Å². The molecule has 2 aromatic rings. The van der Waals surface area contributed by atoms with Crippen LogP contribution in [0.25, 0.3) is 0 Å². The second kappa shape index (κ2) is 16.2. The van der Waals surface area contributed by atoms with E-state index >= 15 is 0 Å². The zero-order valence-corrected chi connectivity index (χ0v) is 25.4. The smallest absolute Gasteiger partial charge is 0.249 e. The first-order valence-electron chi connectivity index (χ1n) is 14.0. The number of rotatable bonds is 6. The van der Waals surface area contributed by atoms with Gasteiger partial charge >= 0.3 is 0 Å². The molecule has 2 saturated heterocycles. The summed E-state index contributed by atoms with van der Waals surface area (Å²) >= 11 is 6.56. The van der Waals surface area contributed by atoms with Crippen LogP contribution in [0.2, 0.25) is 0 Å². The zero-order valence-electron chi connectivity index (χ0n) is 22.2. The molecule has 2 aliphatic carbocycles. The van der Waals surface area contributed by atoms with Gasteiger partial charge in [-0.15, -0.1) is 0 Å². The molecule has 2 aromatic heterocycles. The van der Waals surface area contributed by atoms with E-state index in [4.69, 9.17) is 19.3 Å². The fraction of sp³-hybridized carbons (Fsp3) is 0.643. The number of H-pyrrole nitrogens is 1. The number of nitrogens with zero attached hydrogens (tertiary/aromatic N) is 1. The second-order valence-corrected chi connectivity index (χ2v) is 12.3. The van der Waals surface area contributed by atoms with Crippen molar-refractivity contribution in [1.82, 2.24) is 20.6 Å². The predicted octanol–water partition coefficient (Wildman–Crippen LogP) is 3.94. The van der Waals surface area contributed by atoms with Gasteiger partial charge in [-0.1, -0.05) is 31.9 Å². The third kappa shape index (κ3) is 11.2. The van der Waals surface area contributed by atoms with E-state index in [0.717, 1.165) is 86.5 Å². The molecule has 0 atom stereocenters. The number of hydrogen-bond donors (Lipinski definition) is 4. The normalized spacial score (nSPS) is 27.1. The monoisotopic (exact) mass is 670 g/mol. The van der Waals surface area contributed by atoms with E-state index in [1.807, 2.05) is 12.1 Å². The summed E-state index contributed by atoms with van der Waals surface area (Å²) in [6.45, 7) is 4.33. The summed E-state index contributed by atoms with van der Waals surface area (Å²) in [5.41, 5.74) is -0.0839. The first-order chi connectivity index (χ1) is 18.9. The molecule has 216 valence electrons. The van der Waals surface area contributed by atoms with Crippen LogP contribution >= 0.6 is 31.9 Å². The Morgan fingerprint density at radius 3 is 1.82 bits per heavy atom. The maximum Gasteiger partial charge on any atom is 0.249 e. The van der Waals surface area contributed by atoms with Gasteiger partial charge in [0.15, 0.2) is 0 Å². The van der Waals surface area contributed by atoms with Crippen molar-refractivity contribution in [2.45, 2.75) is 88.0 Å². The summed E-state index contributed by atoms with van der Waals surface area (Å²) in [7, 11) is 0. The Morgan fingerprint density at radius 2 is 1.33 bits per heavy atom. The van der Waals surface area contributed by atoms with E-state index in [-0.39, 0.29) is 17.8 Å². The molecule has 0 amide bonds. The summed E-state index contributed by atoms with van der Waals surface area (Å²) in [5.74, 6) is 0.694. The van der Waals surface area contributed by atoms with Gasteiger partial charge in [0, 0.05) is 46.3 Å². The SMILES string of the molecule is Brc1ccnc(OC2CC(OC3CCNCC3)C2)c1.O=c1cc(Br)cc[nH]1.OC1CC(OC2CCNCC2)C1. The number of aromatic amines is 1. The molecule has 0 bridgehead atoms. The molecule has 2 aliphatic heterocycles. The minimum atomic E-state index is -0.0864. The second-order valence-electron chi connectivity index (χ2n) is 10.4. The van der Waals surface area contributed by atoms with Gasteiger partial charge in [0.25, 0.3) is 0 Å². The number of nitrogens with one attached hydrogen (secondary N) is 3. The van der Waals surface area contributed by atoms with Gasteiger partial charge in [-0.25, -0.2) is 4.98 Å². The zero-order chi connectivity index (χ0) is 27.5. The lowest BCUT2D eigenvalue weighted by atomic mass is 9.91. The summed E-state index contributed by atoms with van der Waals surface area (Å²) < 4.78 is 19.5. The van der Waals surface area contributed by atoms with Crippen molar-refractivity contribution in [3.05, 3.63) is 56.0 Å². The summed E-state index contributed by atoms with van der Waals surface area (Å²) in [6.07, 6.45) is 13.3. The van der Waals surface area contributed by atoms with Crippen molar-refractivity contribution >= 4 is 31.9 Å². The van der Waals surface area contributed by atoms with Crippen LogP contribution in [0.5, 0.6) is 5.88 Å². The Morgan fingerprint density at radius 1 is 0.769 bits per heavy atom. The largest absolute Gasteiger partial charge is 0.474 e. The lowest BCUT2D eigenvalue weighted by Crippen LogP contribution is -2.43. The number of hydrogen-bond acceptors (Lipinski definition) is 8. The quantitative estimate of drug-likeness (QED) is 0.365. The van der Waals surface area contributed by atoms with E-state index < -0.39 is 0 Å². The van der Waals surface area contributed by atoms with Crippen LogP contribution < -0.4 is 20.9 Å². The number of aliphatic hydroxyl groups excluding tert-OH is 1. The molecule has 0 aromatic carbocycles. The van der Waals surface area contributed by atoms with E-state index in [0.29, 0.717) is 30.3 Å². The standard InChI is InChI=1S/C14H19BrN2O2.C9H17NO2.C5H4BrNO/c15-10-1-6-17-14(7-10)19-13-8-12(9-13)18-11-2-4-16-5-3-11;11-7-5-9(6-7)12-8-1-3-10-4-2-8;6-4-1-2-7-5(8)3-4/h1,6-7,11-13,16H,2-5,8-9H2;7-11H,1-6H2;1-3H,(H,7,8). The Hall–Kier alpha value is -1.34. The van der Waals surface area contributed by atoms with Crippen molar-refractivity contribution in [3.63, 3.8) is 0 Å². The highest BCUT2D eigenvalue weighted by atomic mass is 79.9. The third-order valence-corrected chi connectivity index (χ3v) is 8.17. The Bertz CT molecular complexity index is 1040. The van der Waals surface area contributed by atoms with Crippen LogP contribution in [0.4, 0.5) is 0 Å². The number of halogens is 2. The van der Waals surface area contributed by atoms with Crippen LogP contribution in [0.3, 0.4) is 0 Å². The van der Waals surface area contributed by atoms with Gasteiger partial charge in [-0.05, 0) is 76.8 Å². The molecule has 39 heavy (non-hydrogen) atoms. The molecular formula is C28H40Br2N4O5. The highest BCUT2D eigenvalue weighted by Gasteiger charge is 2.34. The number of pyridine rings is 2. The molecule has 4 N–H and O–H groups in total. The highest BCUT2D eigenvalue weighted by molar-refractivity contribution is 9.10. The molecule has 4 heterocycles. The highest BCUT2D eigenvalue weighted by Crippen LogP contribution is 2.30. The Balaban J connectivity index is 0.000000150. The number of aliphatic hydroxyl groups is 1. The molecule has 2 saturated carbocycles. The van der Waals surface area contributed by atoms with Crippen LogP contribution in [0.1, 0.15) is 51.4 Å². The Kier molecular flexibility index (Phi) is 12.7. The molecule has 0 unspecified atom stereocenters. The number of ether oxygens (including phenoxy) is 3. The first kappa shape index (κ1) is 30.6. The fourth-order valence-electron chi connectivity index (χ4n) is 4.82. The van der Waals surface area contributed by atoms with Crippen molar-refractivity contribution in [3.8, 4) is 5.88 Å². The topological polar surface area (TPSA) is 118 Å². The van der Waals surface area contributed by atoms with Crippen LogP contribution in [0, 0.1) is 0 Å². The molecule has 0 radical (unpaired) electrons. The lowest BCUT2D eigenvalue weighted by molar-refractivity contribution is -0.110. The molecule has 9 nitrogen and oxygen atoms in total. The lowest BCUT2D eigenvalue weighted by Gasteiger charge is -2.38. The van der Waals surface area contributed by atoms with Crippen molar-refractivity contribution in [2.24, 2.45) is 0 Å². The minimum Gasteiger partial charge on any atom is -0.474 e. The molecular weight excluding hydrogens is 632 g/mol. The average Bonchev–Trinajstić information content (AvgIpc) is 2.89. The molecule has 4 aliphatic rings.